The lowest BCUT2D eigenvalue weighted by Crippen LogP contribution is -2.21. The molecule has 130 valence electrons. The molecule has 9 heteroatoms. The molecule has 0 bridgehead atoms. The second kappa shape index (κ2) is 7.39. The van der Waals surface area contributed by atoms with Crippen molar-refractivity contribution in [2.45, 2.75) is 13.8 Å². The number of amides is 1. The van der Waals surface area contributed by atoms with Gasteiger partial charge in [-0.05, 0) is 31.5 Å². The number of carbonyl (C=O) groups is 1. The fourth-order valence-corrected chi connectivity index (χ4v) is 2.17. The van der Waals surface area contributed by atoms with Gasteiger partial charge in [-0.15, -0.1) is 0 Å². The lowest BCUT2D eigenvalue weighted by atomic mass is 10.1. The molecule has 0 radical (unpaired) electrons. The fraction of sp³-hybridized carbons (Fsp3) is 0.188. The number of nitrogens with one attached hydrogen (secondary N) is 1. The Bertz CT molecular complexity index is 850. The van der Waals surface area contributed by atoms with Crippen molar-refractivity contribution in [1.29, 1.82) is 0 Å². The standard InChI is InChI=1S/C16H15N3O6/c1-10-3-5-13(11(2)7-10)17-16(20)9-25-15-6-4-12(18(21)22)8-14(15)19(23)24/h3-8H,9H2,1-2H3,(H,17,20). The van der Waals surface area contributed by atoms with E-state index in [2.05, 4.69) is 5.32 Å². The Hall–Kier alpha value is -3.49. The first-order chi connectivity index (χ1) is 11.8. The predicted octanol–water partition coefficient (Wildman–Crippen LogP) is 3.14. The first-order valence-electron chi connectivity index (χ1n) is 7.20. The summed E-state index contributed by atoms with van der Waals surface area (Å²) < 4.78 is 5.15. The molecule has 0 saturated heterocycles. The summed E-state index contributed by atoms with van der Waals surface area (Å²) in [4.78, 5) is 32.1. The Morgan fingerprint density at radius 2 is 1.80 bits per heavy atom. The van der Waals surface area contributed by atoms with E-state index in [-0.39, 0.29) is 5.75 Å². The second-order valence-corrected chi connectivity index (χ2v) is 5.32. The lowest BCUT2D eigenvalue weighted by Gasteiger charge is -2.10. The molecule has 0 aliphatic rings. The molecule has 0 aliphatic heterocycles. The van der Waals surface area contributed by atoms with E-state index in [0.717, 1.165) is 29.3 Å². The zero-order chi connectivity index (χ0) is 18.6. The van der Waals surface area contributed by atoms with E-state index in [4.69, 9.17) is 4.74 Å². The third-order valence-electron chi connectivity index (χ3n) is 3.36. The van der Waals surface area contributed by atoms with Crippen molar-refractivity contribution in [2.24, 2.45) is 0 Å². The first kappa shape index (κ1) is 17.9. The van der Waals surface area contributed by atoms with Crippen LogP contribution in [0.1, 0.15) is 11.1 Å². The topological polar surface area (TPSA) is 125 Å². The van der Waals surface area contributed by atoms with Crippen LogP contribution in [0.4, 0.5) is 17.1 Å². The molecule has 0 spiro atoms. The van der Waals surface area contributed by atoms with E-state index in [1.54, 1.807) is 6.07 Å². The zero-order valence-corrected chi connectivity index (χ0v) is 13.5. The van der Waals surface area contributed by atoms with E-state index in [9.17, 15) is 25.0 Å². The highest BCUT2D eigenvalue weighted by atomic mass is 16.6. The highest BCUT2D eigenvalue weighted by Gasteiger charge is 2.21. The molecule has 25 heavy (non-hydrogen) atoms. The van der Waals surface area contributed by atoms with Crippen molar-refractivity contribution in [3.8, 4) is 5.75 Å². The van der Waals surface area contributed by atoms with E-state index < -0.39 is 33.7 Å². The Labute approximate surface area is 142 Å². The van der Waals surface area contributed by atoms with Gasteiger partial charge in [0.05, 0.1) is 15.9 Å². The molecule has 9 nitrogen and oxygen atoms in total. The monoisotopic (exact) mass is 345 g/mol. The fourth-order valence-electron chi connectivity index (χ4n) is 2.17. The number of hydrogen-bond acceptors (Lipinski definition) is 6. The van der Waals surface area contributed by atoms with Gasteiger partial charge in [0.25, 0.3) is 11.6 Å². The van der Waals surface area contributed by atoms with Gasteiger partial charge in [-0.1, -0.05) is 17.7 Å². The number of aryl methyl sites for hydroxylation is 2. The molecule has 1 N–H and O–H groups in total. The van der Waals surface area contributed by atoms with Crippen LogP contribution in [0.2, 0.25) is 0 Å². The normalized spacial score (nSPS) is 10.2. The maximum Gasteiger partial charge on any atom is 0.317 e. The van der Waals surface area contributed by atoms with Crippen LogP contribution in [-0.4, -0.2) is 22.4 Å². The number of ether oxygens (including phenoxy) is 1. The summed E-state index contributed by atoms with van der Waals surface area (Å²) in [5, 5.41) is 24.3. The summed E-state index contributed by atoms with van der Waals surface area (Å²) in [6, 6.07) is 8.45. The predicted molar refractivity (Wildman–Crippen MR) is 89.8 cm³/mol. The minimum Gasteiger partial charge on any atom is -0.477 e. The van der Waals surface area contributed by atoms with Gasteiger partial charge in [0.1, 0.15) is 0 Å². The number of benzene rings is 2. The Balaban J connectivity index is 2.08. The Morgan fingerprint density at radius 3 is 2.40 bits per heavy atom. The summed E-state index contributed by atoms with van der Waals surface area (Å²) in [5.41, 5.74) is 1.52. The maximum absolute atomic E-state index is 12.0. The molecule has 0 aliphatic carbocycles. The van der Waals surface area contributed by atoms with Crippen LogP contribution >= 0.6 is 0 Å². The molecule has 1 amide bonds. The van der Waals surface area contributed by atoms with Gasteiger partial charge in [0.15, 0.2) is 12.4 Å². The maximum atomic E-state index is 12.0. The van der Waals surface area contributed by atoms with E-state index in [0.29, 0.717) is 5.69 Å². The van der Waals surface area contributed by atoms with Gasteiger partial charge < -0.3 is 10.1 Å². The molecule has 0 saturated carbocycles. The molecule has 0 atom stereocenters. The number of anilines is 1. The van der Waals surface area contributed by atoms with Crippen molar-refractivity contribution in [3.63, 3.8) is 0 Å². The van der Waals surface area contributed by atoms with Gasteiger partial charge in [-0.2, -0.15) is 0 Å². The molecule has 2 aromatic carbocycles. The van der Waals surface area contributed by atoms with Crippen molar-refractivity contribution >= 4 is 23.0 Å². The number of carbonyl (C=O) groups excluding carboxylic acids is 1. The molecule has 0 heterocycles. The van der Waals surface area contributed by atoms with Gasteiger partial charge in [-0.3, -0.25) is 25.0 Å². The average Bonchev–Trinajstić information content (AvgIpc) is 2.55. The van der Waals surface area contributed by atoms with Crippen LogP contribution in [0.25, 0.3) is 0 Å². The van der Waals surface area contributed by atoms with Gasteiger partial charge in [-0.25, -0.2) is 0 Å². The van der Waals surface area contributed by atoms with E-state index in [1.165, 1.54) is 0 Å². The largest absolute Gasteiger partial charge is 0.477 e. The summed E-state index contributed by atoms with van der Waals surface area (Å²) in [7, 11) is 0. The zero-order valence-electron chi connectivity index (χ0n) is 13.5. The highest BCUT2D eigenvalue weighted by molar-refractivity contribution is 5.92. The van der Waals surface area contributed by atoms with Gasteiger partial charge in [0, 0.05) is 11.8 Å². The third-order valence-corrected chi connectivity index (χ3v) is 3.36. The van der Waals surface area contributed by atoms with Gasteiger partial charge in [0.2, 0.25) is 0 Å². The summed E-state index contributed by atoms with van der Waals surface area (Å²) >= 11 is 0. The number of rotatable bonds is 6. The molecular formula is C16H15N3O6. The highest BCUT2D eigenvalue weighted by Crippen LogP contribution is 2.31. The van der Waals surface area contributed by atoms with Crippen LogP contribution in [0.3, 0.4) is 0 Å². The first-order valence-corrected chi connectivity index (χ1v) is 7.20. The molecule has 0 unspecified atom stereocenters. The number of hydrogen-bond donors (Lipinski definition) is 1. The average molecular weight is 345 g/mol. The summed E-state index contributed by atoms with van der Waals surface area (Å²) in [5.74, 6) is -0.717. The smallest absolute Gasteiger partial charge is 0.317 e. The van der Waals surface area contributed by atoms with Crippen LogP contribution in [0, 0.1) is 34.1 Å². The number of nitro groups is 2. The molecule has 2 rings (SSSR count). The van der Waals surface area contributed by atoms with Crippen molar-refractivity contribution in [2.75, 3.05) is 11.9 Å². The minimum absolute atomic E-state index is 0.216. The number of nitrogens with zero attached hydrogens (tertiary/aromatic N) is 2. The lowest BCUT2D eigenvalue weighted by molar-refractivity contribution is -0.394. The Kier molecular flexibility index (Phi) is 5.28. The molecule has 2 aromatic rings. The molecule has 0 aromatic heterocycles. The van der Waals surface area contributed by atoms with Gasteiger partial charge >= 0.3 is 5.69 Å². The number of non-ortho nitro benzene ring substituents is 1. The van der Waals surface area contributed by atoms with Crippen LogP contribution < -0.4 is 10.1 Å². The summed E-state index contributed by atoms with van der Waals surface area (Å²) in [6.07, 6.45) is 0. The van der Waals surface area contributed by atoms with Crippen LogP contribution in [0.5, 0.6) is 5.75 Å². The second-order valence-electron chi connectivity index (χ2n) is 5.32. The van der Waals surface area contributed by atoms with Crippen LogP contribution in [-0.2, 0) is 4.79 Å². The van der Waals surface area contributed by atoms with E-state index >= 15 is 0 Å². The third kappa shape index (κ3) is 4.50. The quantitative estimate of drug-likeness (QED) is 0.633. The Morgan fingerprint density at radius 1 is 1.08 bits per heavy atom. The SMILES string of the molecule is Cc1ccc(NC(=O)COc2ccc([N+](=O)[O-])cc2[N+](=O)[O-])c(C)c1. The minimum atomic E-state index is -0.801. The van der Waals surface area contributed by atoms with Crippen molar-refractivity contribution in [1.82, 2.24) is 0 Å². The van der Waals surface area contributed by atoms with Crippen molar-refractivity contribution in [3.05, 3.63) is 67.8 Å². The van der Waals surface area contributed by atoms with Crippen molar-refractivity contribution < 1.29 is 19.4 Å². The van der Waals surface area contributed by atoms with E-state index in [1.807, 2.05) is 26.0 Å². The molecular weight excluding hydrogens is 330 g/mol. The van der Waals surface area contributed by atoms with Crippen LogP contribution in [0.15, 0.2) is 36.4 Å². The molecule has 0 fully saturated rings. The number of nitro benzene ring substituents is 2. The summed E-state index contributed by atoms with van der Waals surface area (Å²) in [6.45, 7) is 3.30.